The lowest BCUT2D eigenvalue weighted by atomic mass is 9.98. The maximum Gasteiger partial charge on any atom is 0.328 e. The fourth-order valence-corrected chi connectivity index (χ4v) is 4.39. The van der Waals surface area contributed by atoms with Crippen molar-refractivity contribution in [3.63, 3.8) is 0 Å². The Kier molecular flexibility index (Phi) is 6.98. The Morgan fingerprint density at radius 2 is 1.64 bits per heavy atom. The van der Waals surface area contributed by atoms with E-state index in [-0.39, 0.29) is 5.69 Å². The summed E-state index contributed by atoms with van der Waals surface area (Å²) in [6, 6.07) is 26.6. The number of rotatable bonds is 9. The maximum absolute atomic E-state index is 13.3. The zero-order valence-corrected chi connectivity index (χ0v) is 20.2. The highest BCUT2D eigenvalue weighted by molar-refractivity contribution is 5.80. The summed E-state index contributed by atoms with van der Waals surface area (Å²) in [5.74, 6) is 0.562. The molecule has 0 spiro atoms. The molecule has 0 aliphatic carbocycles. The number of H-pyrrole nitrogens is 1. The number of hydrogen-bond acceptors (Lipinski definition) is 4. The van der Waals surface area contributed by atoms with Gasteiger partial charge in [0.2, 0.25) is 5.82 Å². The first-order valence-corrected chi connectivity index (χ1v) is 12.1. The van der Waals surface area contributed by atoms with Gasteiger partial charge in [0.05, 0.1) is 6.54 Å². The molecule has 2 aromatic heterocycles. The van der Waals surface area contributed by atoms with Gasteiger partial charge in [0.15, 0.2) is 0 Å². The highest BCUT2D eigenvalue weighted by atomic mass is 16.1. The van der Waals surface area contributed by atoms with Crippen molar-refractivity contribution < 1.29 is 0 Å². The van der Waals surface area contributed by atoms with Gasteiger partial charge in [-0.15, -0.1) is 10.2 Å². The zero-order valence-electron chi connectivity index (χ0n) is 20.2. The summed E-state index contributed by atoms with van der Waals surface area (Å²) < 4.78 is 3.72. The Bertz CT molecular complexity index is 1500. The van der Waals surface area contributed by atoms with Crippen molar-refractivity contribution in [3.8, 4) is 22.5 Å². The van der Waals surface area contributed by atoms with E-state index in [2.05, 4.69) is 63.1 Å². The zero-order chi connectivity index (χ0) is 24.7. The summed E-state index contributed by atoms with van der Waals surface area (Å²) in [5, 5.41) is 14.5. The summed E-state index contributed by atoms with van der Waals surface area (Å²) in [5.41, 5.74) is 6.34. The minimum atomic E-state index is 0.0250. The number of allylic oxidation sites excluding steroid dienone is 2. The van der Waals surface area contributed by atoms with Crippen molar-refractivity contribution in [2.75, 3.05) is 0 Å². The van der Waals surface area contributed by atoms with Gasteiger partial charge < -0.3 is 0 Å². The third-order valence-electron chi connectivity index (χ3n) is 6.29. The highest BCUT2D eigenvalue weighted by Gasteiger charge is 2.13. The van der Waals surface area contributed by atoms with Gasteiger partial charge in [-0.25, -0.2) is 4.79 Å². The third-order valence-corrected chi connectivity index (χ3v) is 6.29. The summed E-state index contributed by atoms with van der Waals surface area (Å²) in [4.78, 5) is 13.3. The van der Waals surface area contributed by atoms with Gasteiger partial charge in [-0.2, -0.15) is 5.21 Å². The van der Waals surface area contributed by atoms with Gasteiger partial charge in [-0.05, 0) is 40.8 Å². The smallest absolute Gasteiger partial charge is 0.299 e. The fraction of sp³-hybridized carbons (Fsp3) is 0.172. The predicted molar refractivity (Wildman–Crippen MR) is 142 cm³/mol. The van der Waals surface area contributed by atoms with E-state index in [1.165, 1.54) is 5.56 Å². The molecule has 0 aliphatic heterocycles. The van der Waals surface area contributed by atoms with Crippen LogP contribution in [0.4, 0.5) is 0 Å². The number of benzene rings is 3. The number of nitrogens with one attached hydrogen (secondary N) is 1. The average Bonchev–Trinajstić information content (AvgIpc) is 3.56. The van der Waals surface area contributed by atoms with Crippen LogP contribution < -0.4 is 5.69 Å². The number of aromatic nitrogens is 6. The second-order valence-corrected chi connectivity index (χ2v) is 8.67. The quantitative estimate of drug-likeness (QED) is 0.307. The molecule has 1 N–H and O–H groups in total. The first-order chi connectivity index (χ1) is 17.7. The van der Waals surface area contributed by atoms with E-state index in [9.17, 15) is 4.79 Å². The molecule has 180 valence electrons. The van der Waals surface area contributed by atoms with Gasteiger partial charge >= 0.3 is 5.69 Å². The van der Waals surface area contributed by atoms with Crippen LogP contribution in [0.2, 0.25) is 0 Å². The molecule has 2 heterocycles. The number of tetrazole rings is 1. The summed E-state index contributed by atoms with van der Waals surface area (Å²) in [7, 11) is 0. The van der Waals surface area contributed by atoms with E-state index in [1.807, 2.05) is 70.8 Å². The van der Waals surface area contributed by atoms with Crippen LogP contribution in [-0.2, 0) is 25.9 Å². The topological polar surface area (TPSA) is 81.4 Å². The average molecular weight is 477 g/mol. The third kappa shape index (κ3) is 5.10. The van der Waals surface area contributed by atoms with Crippen molar-refractivity contribution in [1.82, 2.24) is 29.8 Å². The Morgan fingerprint density at radius 3 is 2.36 bits per heavy atom. The van der Waals surface area contributed by atoms with Crippen LogP contribution in [0.3, 0.4) is 0 Å². The van der Waals surface area contributed by atoms with Gasteiger partial charge in [0, 0.05) is 30.4 Å². The van der Waals surface area contributed by atoms with E-state index >= 15 is 0 Å². The van der Waals surface area contributed by atoms with Crippen molar-refractivity contribution >= 4 is 0 Å². The number of aromatic amines is 1. The number of imidazole rings is 1. The normalized spacial score (nSPS) is 11.4. The van der Waals surface area contributed by atoms with Gasteiger partial charge in [0.25, 0.3) is 0 Å². The molecule has 0 saturated heterocycles. The molecule has 0 amide bonds. The molecule has 0 radical (unpaired) electrons. The van der Waals surface area contributed by atoms with E-state index in [1.54, 1.807) is 0 Å². The Balaban J connectivity index is 1.39. The van der Waals surface area contributed by atoms with Crippen molar-refractivity contribution in [1.29, 1.82) is 0 Å². The molecule has 0 aliphatic rings. The van der Waals surface area contributed by atoms with Crippen LogP contribution in [0.25, 0.3) is 22.5 Å². The molecule has 0 bridgehead atoms. The SMILES string of the molecule is C/C=C/Cc1cn(CCc2ccccc2)c(=O)n1Cc1ccc(-c2ccccc2-c2nn[nH]n2)cc1. The second-order valence-electron chi connectivity index (χ2n) is 8.67. The van der Waals surface area contributed by atoms with Crippen molar-refractivity contribution in [2.24, 2.45) is 0 Å². The summed E-state index contributed by atoms with van der Waals surface area (Å²) >= 11 is 0. The van der Waals surface area contributed by atoms with E-state index < -0.39 is 0 Å². The minimum Gasteiger partial charge on any atom is -0.299 e. The van der Waals surface area contributed by atoms with Gasteiger partial charge in [-0.1, -0.05) is 91.0 Å². The minimum absolute atomic E-state index is 0.0250. The van der Waals surface area contributed by atoms with E-state index in [0.29, 0.717) is 18.9 Å². The Labute approximate surface area is 209 Å². The van der Waals surface area contributed by atoms with Gasteiger partial charge in [0.1, 0.15) is 0 Å². The molecule has 36 heavy (non-hydrogen) atoms. The van der Waals surface area contributed by atoms with Crippen molar-refractivity contribution in [2.45, 2.75) is 32.9 Å². The lowest BCUT2D eigenvalue weighted by Gasteiger charge is -2.09. The molecule has 0 fully saturated rings. The standard InChI is InChI=1S/C29H28N6O/c1-2-3-11-25-21-34(19-18-22-9-5-4-6-10-22)29(36)35(25)20-23-14-16-24(17-15-23)26-12-7-8-13-27(26)28-30-32-33-31-28/h2-10,12-17,21H,11,18-20H2,1H3,(H,30,31,32,33)/b3-2+. The molecule has 0 atom stereocenters. The highest BCUT2D eigenvalue weighted by Crippen LogP contribution is 2.29. The molecular weight excluding hydrogens is 448 g/mol. The van der Waals surface area contributed by atoms with Crippen LogP contribution >= 0.6 is 0 Å². The molecule has 7 heteroatoms. The van der Waals surface area contributed by atoms with E-state index in [4.69, 9.17) is 0 Å². The summed E-state index contributed by atoms with van der Waals surface area (Å²) in [6.45, 7) is 3.18. The number of aryl methyl sites for hydroxylation is 2. The first-order valence-electron chi connectivity index (χ1n) is 12.1. The van der Waals surface area contributed by atoms with Crippen LogP contribution in [0.15, 0.2) is 102 Å². The van der Waals surface area contributed by atoms with Crippen LogP contribution in [0.1, 0.15) is 23.7 Å². The molecular formula is C29H28N6O. The lowest BCUT2D eigenvalue weighted by molar-refractivity contribution is 0.631. The number of hydrogen-bond donors (Lipinski definition) is 1. The fourth-order valence-electron chi connectivity index (χ4n) is 4.39. The van der Waals surface area contributed by atoms with Crippen LogP contribution in [-0.4, -0.2) is 29.8 Å². The molecule has 7 nitrogen and oxygen atoms in total. The Hall–Kier alpha value is -4.52. The monoisotopic (exact) mass is 476 g/mol. The van der Waals surface area contributed by atoms with Crippen LogP contribution in [0.5, 0.6) is 0 Å². The first kappa shape index (κ1) is 23.2. The van der Waals surface area contributed by atoms with Crippen LogP contribution in [0, 0.1) is 0 Å². The molecule has 5 aromatic rings. The maximum atomic E-state index is 13.3. The largest absolute Gasteiger partial charge is 0.328 e. The molecule has 0 saturated carbocycles. The summed E-state index contributed by atoms with van der Waals surface area (Å²) in [6.07, 6.45) is 7.65. The van der Waals surface area contributed by atoms with Crippen molar-refractivity contribution in [3.05, 3.63) is 125 Å². The lowest BCUT2D eigenvalue weighted by Crippen LogP contribution is -2.26. The Morgan fingerprint density at radius 1 is 0.889 bits per heavy atom. The molecule has 0 unspecified atom stereocenters. The predicted octanol–water partition coefficient (Wildman–Crippen LogP) is 4.91. The molecule has 5 rings (SSSR count). The van der Waals surface area contributed by atoms with Gasteiger partial charge in [-0.3, -0.25) is 9.13 Å². The molecule has 3 aromatic carbocycles. The van der Waals surface area contributed by atoms with E-state index in [0.717, 1.165) is 40.8 Å². The second kappa shape index (κ2) is 10.8. The number of nitrogens with zero attached hydrogens (tertiary/aromatic N) is 5.